The first kappa shape index (κ1) is 55.2. The molecule has 0 fully saturated rings. The summed E-state index contributed by atoms with van der Waals surface area (Å²) in [6.07, 6.45) is 50.8. The number of hydrogen-bond acceptors (Lipinski definition) is 7. The summed E-state index contributed by atoms with van der Waals surface area (Å²) in [6, 6.07) is 0. The van der Waals surface area contributed by atoms with Gasteiger partial charge in [0.2, 0.25) is 0 Å². The lowest BCUT2D eigenvalue weighted by Gasteiger charge is -2.24. The van der Waals surface area contributed by atoms with E-state index in [-0.39, 0.29) is 26.1 Å². The zero-order valence-corrected chi connectivity index (χ0v) is 38.1. The van der Waals surface area contributed by atoms with Crippen LogP contribution in [0.25, 0.3) is 0 Å². The summed E-state index contributed by atoms with van der Waals surface area (Å²) >= 11 is 0. The molecule has 0 amide bonds. The first-order valence-electron chi connectivity index (χ1n) is 22.3. The Morgan fingerprint density at radius 1 is 0.552 bits per heavy atom. The molecule has 1 unspecified atom stereocenters. The van der Waals surface area contributed by atoms with Crippen molar-refractivity contribution in [2.24, 2.45) is 0 Å². The van der Waals surface area contributed by atoms with E-state index in [1.807, 2.05) is 33.3 Å². The number of unbranched alkanes of at least 4 members (excludes halogenated alkanes) is 11. The summed E-state index contributed by atoms with van der Waals surface area (Å²) in [5.41, 5.74) is 0. The zero-order chi connectivity index (χ0) is 42.8. The molecule has 0 rings (SSSR count). The van der Waals surface area contributed by atoms with E-state index < -0.39 is 32.5 Å². The lowest BCUT2D eigenvalue weighted by Crippen LogP contribution is -2.37. The SMILES string of the molecule is CC/C=C\C/C=C\C/C=C\C/C=C\C/C=C\C/C=C\CCC(=O)O[C@H](COC(=O)CCCCCCC/C=C\CCCCCCCC)COP(=O)(O)OCC[N+](C)(C)C. The van der Waals surface area contributed by atoms with E-state index >= 15 is 0 Å². The lowest BCUT2D eigenvalue weighted by atomic mass is 10.1. The molecule has 0 aliphatic heterocycles. The number of carbonyl (C=O) groups is 2. The molecule has 0 aliphatic carbocycles. The third-order valence-electron chi connectivity index (χ3n) is 8.92. The largest absolute Gasteiger partial charge is 0.472 e. The molecule has 0 aromatic carbocycles. The Morgan fingerprint density at radius 2 is 1.02 bits per heavy atom. The molecule has 0 bridgehead atoms. The molecular formula is C48H83NO8P+. The molecule has 0 saturated heterocycles. The predicted octanol–water partition coefficient (Wildman–Crippen LogP) is 12.8. The lowest BCUT2D eigenvalue weighted by molar-refractivity contribution is -0.870. The number of ether oxygens (including phenoxy) is 2. The van der Waals surface area contributed by atoms with Gasteiger partial charge in [0.25, 0.3) is 0 Å². The standard InChI is InChI=1S/C48H82NO8P/c1-6-8-10-12-14-16-18-20-22-23-24-25-27-29-31-33-35-37-39-41-48(51)57-46(45-56-58(52,53)55-43-42-49(3,4)5)44-54-47(50)40-38-36-34-32-30-28-26-21-19-17-15-13-11-9-7-2/h8,10,14,16,20-22,24-26,29,31,35,37,46H,6-7,9,11-13,15,17-19,23,27-28,30,32-34,36,38-45H2,1-5H3/p+1/b10-8-,16-14-,22-20-,25-24-,26-21-,31-29-,37-35-/t46-/m1/s1. The van der Waals surface area contributed by atoms with Crippen molar-refractivity contribution in [1.29, 1.82) is 0 Å². The van der Waals surface area contributed by atoms with Crippen molar-refractivity contribution in [2.45, 2.75) is 161 Å². The Morgan fingerprint density at radius 3 is 1.53 bits per heavy atom. The van der Waals surface area contributed by atoms with Crippen LogP contribution < -0.4 is 0 Å². The molecule has 0 saturated carbocycles. The van der Waals surface area contributed by atoms with Gasteiger partial charge in [-0.1, -0.05) is 150 Å². The van der Waals surface area contributed by atoms with Crippen LogP contribution in [0.1, 0.15) is 155 Å². The highest BCUT2D eigenvalue weighted by atomic mass is 31.2. The second kappa shape index (κ2) is 39.6. The number of esters is 2. The Kier molecular flexibility index (Phi) is 37.7. The minimum Gasteiger partial charge on any atom is -0.462 e. The number of hydrogen-bond donors (Lipinski definition) is 1. The summed E-state index contributed by atoms with van der Waals surface area (Å²) in [7, 11) is 1.41. The number of phosphoric ester groups is 1. The fraction of sp³-hybridized carbons (Fsp3) is 0.667. The number of quaternary nitrogens is 1. The quantitative estimate of drug-likeness (QED) is 0.0214. The average Bonchev–Trinajstić information content (AvgIpc) is 3.17. The predicted molar refractivity (Wildman–Crippen MR) is 242 cm³/mol. The highest BCUT2D eigenvalue weighted by molar-refractivity contribution is 7.47. The molecule has 0 aromatic heterocycles. The Balaban J connectivity index is 4.52. The molecular weight excluding hydrogens is 750 g/mol. The number of phosphoric acid groups is 1. The number of allylic oxidation sites excluding steroid dienone is 14. The van der Waals surface area contributed by atoms with Gasteiger partial charge in [-0.05, 0) is 77.0 Å². The molecule has 0 spiro atoms. The maximum Gasteiger partial charge on any atom is 0.472 e. The minimum atomic E-state index is -4.40. The van der Waals surface area contributed by atoms with Crippen molar-refractivity contribution in [3.63, 3.8) is 0 Å². The molecule has 10 heteroatoms. The third kappa shape index (κ3) is 42.8. The van der Waals surface area contributed by atoms with Gasteiger partial charge in [-0.15, -0.1) is 0 Å². The van der Waals surface area contributed by atoms with E-state index in [1.54, 1.807) is 0 Å². The van der Waals surface area contributed by atoms with E-state index in [2.05, 4.69) is 86.8 Å². The molecule has 332 valence electrons. The topological polar surface area (TPSA) is 108 Å². The minimum absolute atomic E-state index is 0.0125. The summed E-state index contributed by atoms with van der Waals surface area (Å²) in [5, 5.41) is 0. The van der Waals surface area contributed by atoms with E-state index in [4.69, 9.17) is 18.5 Å². The van der Waals surface area contributed by atoms with Gasteiger partial charge in [0.15, 0.2) is 6.10 Å². The van der Waals surface area contributed by atoms with Crippen molar-refractivity contribution >= 4 is 19.8 Å². The third-order valence-corrected chi connectivity index (χ3v) is 9.91. The van der Waals surface area contributed by atoms with Gasteiger partial charge in [-0.2, -0.15) is 0 Å². The van der Waals surface area contributed by atoms with Crippen LogP contribution >= 0.6 is 7.82 Å². The fourth-order valence-corrected chi connectivity index (χ4v) is 6.19. The van der Waals surface area contributed by atoms with Gasteiger partial charge in [0.05, 0.1) is 27.7 Å². The van der Waals surface area contributed by atoms with Crippen molar-refractivity contribution in [3.05, 3.63) is 85.1 Å². The molecule has 0 heterocycles. The zero-order valence-electron chi connectivity index (χ0n) is 37.2. The summed E-state index contributed by atoms with van der Waals surface area (Å²) in [6.45, 7) is 4.19. The normalized spacial score (nSPS) is 14.4. The van der Waals surface area contributed by atoms with Crippen molar-refractivity contribution in [3.8, 4) is 0 Å². The van der Waals surface area contributed by atoms with Crippen LogP contribution in [0.2, 0.25) is 0 Å². The van der Waals surface area contributed by atoms with E-state index in [0.717, 1.165) is 70.6 Å². The van der Waals surface area contributed by atoms with E-state index in [0.29, 0.717) is 23.9 Å². The van der Waals surface area contributed by atoms with Gasteiger partial charge < -0.3 is 18.9 Å². The fourth-order valence-electron chi connectivity index (χ4n) is 5.44. The first-order valence-corrected chi connectivity index (χ1v) is 23.8. The smallest absolute Gasteiger partial charge is 0.462 e. The van der Waals surface area contributed by atoms with Crippen LogP contribution in [0.4, 0.5) is 0 Å². The maximum atomic E-state index is 12.7. The van der Waals surface area contributed by atoms with Gasteiger partial charge in [-0.25, -0.2) is 4.57 Å². The average molecular weight is 833 g/mol. The molecule has 2 atom stereocenters. The van der Waals surface area contributed by atoms with Gasteiger partial charge >= 0.3 is 19.8 Å². The Bertz CT molecular complexity index is 1260. The van der Waals surface area contributed by atoms with Crippen molar-refractivity contribution in [2.75, 3.05) is 47.5 Å². The molecule has 58 heavy (non-hydrogen) atoms. The second-order valence-corrected chi connectivity index (χ2v) is 17.1. The Labute approximate surface area is 354 Å². The van der Waals surface area contributed by atoms with Crippen molar-refractivity contribution in [1.82, 2.24) is 0 Å². The van der Waals surface area contributed by atoms with Crippen LogP contribution in [-0.4, -0.2) is 74.9 Å². The number of nitrogens with zero attached hydrogens (tertiary/aromatic N) is 1. The van der Waals surface area contributed by atoms with Gasteiger partial charge in [0, 0.05) is 12.8 Å². The summed E-state index contributed by atoms with van der Waals surface area (Å²) < 4.78 is 34.2. The molecule has 0 aromatic rings. The van der Waals surface area contributed by atoms with Crippen LogP contribution in [-0.2, 0) is 32.7 Å². The Hall–Kier alpha value is -2.81. The number of carbonyl (C=O) groups excluding carboxylic acids is 2. The van der Waals surface area contributed by atoms with E-state index in [1.165, 1.54) is 44.9 Å². The van der Waals surface area contributed by atoms with Crippen LogP contribution in [0.15, 0.2) is 85.1 Å². The highest BCUT2D eigenvalue weighted by Gasteiger charge is 2.27. The van der Waals surface area contributed by atoms with Gasteiger partial charge in [-0.3, -0.25) is 18.6 Å². The number of rotatable bonds is 39. The first-order chi connectivity index (χ1) is 28.0. The monoisotopic (exact) mass is 833 g/mol. The summed E-state index contributed by atoms with van der Waals surface area (Å²) in [4.78, 5) is 35.3. The second-order valence-electron chi connectivity index (χ2n) is 15.7. The molecule has 0 aliphatic rings. The van der Waals surface area contributed by atoms with Crippen LogP contribution in [0.5, 0.6) is 0 Å². The molecule has 9 nitrogen and oxygen atoms in total. The molecule has 1 N–H and O–H groups in total. The maximum absolute atomic E-state index is 12.7. The van der Waals surface area contributed by atoms with E-state index in [9.17, 15) is 19.0 Å². The van der Waals surface area contributed by atoms with Gasteiger partial charge in [0.1, 0.15) is 19.8 Å². The highest BCUT2D eigenvalue weighted by Crippen LogP contribution is 2.43. The number of likely N-dealkylation sites (N-methyl/N-ethyl adjacent to an activating group) is 1. The van der Waals surface area contributed by atoms with Crippen LogP contribution in [0.3, 0.4) is 0 Å². The summed E-state index contributed by atoms with van der Waals surface area (Å²) in [5.74, 6) is -0.914. The van der Waals surface area contributed by atoms with Crippen LogP contribution in [0, 0.1) is 0 Å². The van der Waals surface area contributed by atoms with Crippen molar-refractivity contribution < 1.29 is 42.1 Å². The molecule has 0 radical (unpaired) electrons.